The molecule has 3 N–H and O–H groups in total. The first-order chi connectivity index (χ1) is 8.16. The van der Waals surface area contributed by atoms with Crippen LogP contribution in [0.4, 0.5) is 0 Å². The lowest BCUT2D eigenvalue weighted by Crippen LogP contribution is -2.18. The lowest BCUT2D eigenvalue weighted by Gasteiger charge is -2.22. The van der Waals surface area contributed by atoms with Gasteiger partial charge < -0.3 is 10.5 Å². The molecule has 0 bridgehead atoms. The van der Waals surface area contributed by atoms with Crippen molar-refractivity contribution in [3.63, 3.8) is 0 Å². The van der Waals surface area contributed by atoms with Crippen LogP contribution >= 0.6 is 23.4 Å². The van der Waals surface area contributed by atoms with E-state index >= 15 is 0 Å². The smallest absolute Gasteiger partial charge is 0.123 e. The van der Waals surface area contributed by atoms with Gasteiger partial charge in [0, 0.05) is 33.9 Å². The maximum atomic E-state index is 7.56. The second-order valence-electron chi connectivity index (χ2n) is 3.98. The minimum atomic E-state index is 0.0937. The van der Waals surface area contributed by atoms with E-state index in [2.05, 4.69) is 0 Å². The molecule has 0 atom stereocenters. The van der Waals surface area contributed by atoms with Crippen molar-refractivity contribution >= 4 is 29.2 Å². The van der Waals surface area contributed by atoms with E-state index in [1.54, 1.807) is 17.8 Å². The molecule has 1 saturated heterocycles. The Labute approximate surface area is 110 Å². The highest BCUT2D eigenvalue weighted by molar-refractivity contribution is 8.00. The van der Waals surface area contributed by atoms with Gasteiger partial charge in [-0.3, -0.25) is 5.41 Å². The van der Waals surface area contributed by atoms with Crippen molar-refractivity contribution in [1.29, 1.82) is 5.41 Å². The molecule has 1 fully saturated rings. The maximum absolute atomic E-state index is 7.56. The lowest BCUT2D eigenvalue weighted by molar-refractivity contribution is 0.100. The summed E-state index contributed by atoms with van der Waals surface area (Å²) in [6.07, 6.45) is 2.07. The molecule has 0 amide bonds. The molecule has 1 aromatic carbocycles. The summed E-state index contributed by atoms with van der Waals surface area (Å²) in [6, 6.07) is 5.47. The van der Waals surface area contributed by atoms with Crippen molar-refractivity contribution in [1.82, 2.24) is 0 Å². The van der Waals surface area contributed by atoms with E-state index < -0.39 is 0 Å². The van der Waals surface area contributed by atoms with Gasteiger partial charge in [0.05, 0.1) is 0 Å². The largest absolute Gasteiger partial charge is 0.384 e. The van der Waals surface area contributed by atoms with E-state index in [4.69, 9.17) is 27.5 Å². The molecular formula is C12H15ClN2OS. The molecule has 1 aromatic rings. The van der Waals surface area contributed by atoms with Crippen LogP contribution in [0.2, 0.25) is 5.02 Å². The van der Waals surface area contributed by atoms with Crippen molar-refractivity contribution < 1.29 is 4.74 Å². The second kappa shape index (κ2) is 5.76. The number of ether oxygens (including phenoxy) is 1. The van der Waals surface area contributed by atoms with Crippen molar-refractivity contribution in [3.05, 3.63) is 28.8 Å². The highest BCUT2D eigenvalue weighted by atomic mass is 35.5. The molecule has 5 heteroatoms. The summed E-state index contributed by atoms with van der Waals surface area (Å²) in [5.41, 5.74) is 6.34. The first-order valence-corrected chi connectivity index (χ1v) is 6.81. The van der Waals surface area contributed by atoms with Gasteiger partial charge in [0.25, 0.3) is 0 Å². The lowest BCUT2D eigenvalue weighted by atomic mass is 10.2. The maximum Gasteiger partial charge on any atom is 0.123 e. The topological polar surface area (TPSA) is 59.1 Å². The van der Waals surface area contributed by atoms with Crippen molar-refractivity contribution in [3.8, 4) is 0 Å². The van der Waals surface area contributed by atoms with E-state index in [9.17, 15) is 0 Å². The van der Waals surface area contributed by atoms with Crippen LogP contribution in [0, 0.1) is 5.41 Å². The molecule has 1 heterocycles. The number of hydrogen-bond acceptors (Lipinski definition) is 3. The fourth-order valence-electron chi connectivity index (χ4n) is 1.79. The number of halogens is 1. The van der Waals surface area contributed by atoms with Crippen molar-refractivity contribution in [2.45, 2.75) is 23.0 Å². The molecule has 0 unspecified atom stereocenters. The highest BCUT2D eigenvalue weighted by Gasteiger charge is 2.17. The normalized spacial score (nSPS) is 17.0. The summed E-state index contributed by atoms with van der Waals surface area (Å²) in [7, 11) is 0. The average Bonchev–Trinajstić information content (AvgIpc) is 2.30. The molecule has 1 aliphatic rings. The Bertz CT molecular complexity index is 419. The fraction of sp³-hybridized carbons (Fsp3) is 0.417. The molecule has 0 aromatic heterocycles. The van der Waals surface area contributed by atoms with E-state index in [1.165, 1.54) is 0 Å². The first-order valence-electron chi connectivity index (χ1n) is 5.55. The zero-order valence-corrected chi connectivity index (χ0v) is 11.0. The van der Waals surface area contributed by atoms with Crippen LogP contribution < -0.4 is 5.73 Å². The van der Waals surface area contributed by atoms with E-state index in [0.29, 0.717) is 10.3 Å². The van der Waals surface area contributed by atoms with Crippen LogP contribution in [0.25, 0.3) is 0 Å². The quantitative estimate of drug-likeness (QED) is 0.656. The van der Waals surface area contributed by atoms with Crippen LogP contribution in [0.3, 0.4) is 0 Å². The Hall–Kier alpha value is -0.710. The van der Waals surface area contributed by atoms with Crippen LogP contribution in [0.5, 0.6) is 0 Å². The summed E-state index contributed by atoms with van der Waals surface area (Å²) in [6.45, 7) is 1.63. The molecule has 0 saturated carbocycles. The Morgan fingerprint density at radius 3 is 2.76 bits per heavy atom. The number of thioether (sulfide) groups is 1. The Morgan fingerprint density at radius 1 is 1.41 bits per heavy atom. The molecule has 17 heavy (non-hydrogen) atoms. The fourth-order valence-corrected chi connectivity index (χ4v) is 3.31. The summed E-state index contributed by atoms with van der Waals surface area (Å²) in [5, 5.41) is 8.77. The molecule has 92 valence electrons. The Balaban J connectivity index is 2.17. The summed E-state index contributed by atoms with van der Waals surface area (Å²) >= 11 is 7.74. The number of benzene rings is 1. The molecule has 3 nitrogen and oxygen atoms in total. The monoisotopic (exact) mass is 270 g/mol. The average molecular weight is 271 g/mol. The predicted molar refractivity (Wildman–Crippen MR) is 72.2 cm³/mol. The molecule has 1 aliphatic heterocycles. The SMILES string of the molecule is N=C(N)c1ccc(Cl)cc1SC1CCOCC1. The summed E-state index contributed by atoms with van der Waals surface area (Å²) < 4.78 is 5.33. The van der Waals surface area contributed by atoms with Gasteiger partial charge in [-0.15, -0.1) is 11.8 Å². The van der Waals surface area contributed by atoms with Gasteiger partial charge in [0.15, 0.2) is 0 Å². The first kappa shape index (κ1) is 12.7. The van der Waals surface area contributed by atoms with Gasteiger partial charge in [-0.1, -0.05) is 11.6 Å². The number of hydrogen-bond donors (Lipinski definition) is 2. The van der Waals surface area contributed by atoms with E-state index in [1.807, 2.05) is 12.1 Å². The summed E-state index contributed by atoms with van der Waals surface area (Å²) in [4.78, 5) is 0.997. The number of nitrogens with one attached hydrogen (secondary N) is 1. The third kappa shape index (κ3) is 3.37. The van der Waals surface area contributed by atoms with Gasteiger partial charge in [-0.05, 0) is 31.0 Å². The van der Waals surface area contributed by atoms with Crippen LogP contribution in [-0.4, -0.2) is 24.3 Å². The third-order valence-electron chi connectivity index (χ3n) is 2.70. The molecule has 0 radical (unpaired) electrons. The molecule has 0 aliphatic carbocycles. The minimum Gasteiger partial charge on any atom is -0.384 e. The number of nitrogens with two attached hydrogens (primary N) is 1. The van der Waals surface area contributed by atoms with Gasteiger partial charge in [0.1, 0.15) is 5.84 Å². The molecular weight excluding hydrogens is 256 g/mol. The molecule has 0 spiro atoms. The zero-order chi connectivity index (χ0) is 12.3. The predicted octanol–water partition coefficient (Wildman–Crippen LogP) is 2.90. The number of amidine groups is 1. The van der Waals surface area contributed by atoms with E-state index in [-0.39, 0.29) is 5.84 Å². The highest BCUT2D eigenvalue weighted by Crippen LogP contribution is 2.33. The van der Waals surface area contributed by atoms with Crippen molar-refractivity contribution in [2.24, 2.45) is 5.73 Å². The Kier molecular flexibility index (Phi) is 4.31. The van der Waals surface area contributed by atoms with Gasteiger partial charge in [0.2, 0.25) is 0 Å². The van der Waals surface area contributed by atoms with Gasteiger partial charge in [-0.2, -0.15) is 0 Å². The Morgan fingerprint density at radius 2 is 2.12 bits per heavy atom. The second-order valence-corrected chi connectivity index (χ2v) is 5.76. The van der Waals surface area contributed by atoms with Crippen LogP contribution in [0.15, 0.2) is 23.1 Å². The van der Waals surface area contributed by atoms with Crippen LogP contribution in [-0.2, 0) is 4.74 Å². The number of rotatable bonds is 3. The van der Waals surface area contributed by atoms with Crippen LogP contribution in [0.1, 0.15) is 18.4 Å². The third-order valence-corrected chi connectivity index (χ3v) is 4.33. The van der Waals surface area contributed by atoms with Crippen molar-refractivity contribution in [2.75, 3.05) is 13.2 Å². The zero-order valence-electron chi connectivity index (χ0n) is 9.41. The van der Waals surface area contributed by atoms with E-state index in [0.717, 1.165) is 36.5 Å². The number of nitrogen functional groups attached to an aromatic ring is 1. The minimum absolute atomic E-state index is 0.0937. The molecule has 2 rings (SSSR count). The summed E-state index contributed by atoms with van der Waals surface area (Å²) in [5.74, 6) is 0.0937. The van der Waals surface area contributed by atoms with Gasteiger partial charge >= 0.3 is 0 Å². The standard InChI is InChI=1S/C12H15ClN2OS/c13-8-1-2-10(12(14)15)11(7-8)17-9-3-5-16-6-4-9/h1-2,7,9H,3-6H2,(H3,14,15). The van der Waals surface area contributed by atoms with Gasteiger partial charge in [-0.25, -0.2) is 0 Å².